The molecule has 0 bridgehead atoms. The summed E-state index contributed by atoms with van der Waals surface area (Å²) in [6.45, 7) is 0. The summed E-state index contributed by atoms with van der Waals surface area (Å²) in [5, 5.41) is 8.69. The molecule has 0 aliphatic rings. The molecule has 0 heterocycles. The van der Waals surface area contributed by atoms with Crippen LogP contribution in [0.4, 0.5) is 17.6 Å². The van der Waals surface area contributed by atoms with Gasteiger partial charge >= 0.3 is 17.9 Å². The first-order valence-corrected chi connectivity index (χ1v) is 11.9. The average molecular weight is 812 g/mol. The molecule has 3 aromatic rings. The molecule has 6 nitrogen and oxygen atoms in total. The molecule has 0 atom stereocenters. The van der Waals surface area contributed by atoms with Crippen LogP contribution in [0.15, 0.2) is 36.4 Å². The Morgan fingerprint density at radius 2 is 1.32 bits per heavy atom. The summed E-state index contributed by atoms with van der Waals surface area (Å²) >= 11 is 6.12. The predicted octanol–water partition coefficient (Wildman–Crippen LogP) is 6.19. The summed E-state index contributed by atoms with van der Waals surface area (Å²) in [7, 11) is 0. The molecule has 34 heavy (non-hydrogen) atoms. The number of carbonyl (C=O) groups excluding carboxylic acids is 2. The molecule has 0 saturated carbocycles. The van der Waals surface area contributed by atoms with E-state index in [1.165, 1.54) is 12.1 Å². The summed E-state index contributed by atoms with van der Waals surface area (Å²) in [6.07, 6.45) is 0. The number of carbonyl (C=O) groups is 3. The molecule has 176 valence electrons. The molecular formula is C21H7F4I3O6. The highest BCUT2D eigenvalue weighted by atomic mass is 127. The number of ether oxygens (including phenoxy) is 2. The molecule has 0 saturated heterocycles. The minimum atomic E-state index is -2.24. The lowest BCUT2D eigenvalue weighted by Gasteiger charge is -2.11. The van der Waals surface area contributed by atoms with Gasteiger partial charge in [0.25, 0.3) is 0 Å². The predicted molar refractivity (Wildman–Crippen MR) is 134 cm³/mol. The third-order valence-electron chi connectivity index (χ3n) is 4.15. The van der Waals surface area contributed by atoms with Crippen LogP contribution in [-0.4, -0.2) is 23.0 Å². The maximum absolute atomic E-state index is 14.0. The number of aromatic carboxylic acids is 1. The Hall–Kier alpha value is -2.02. The van der Waals surface area contributed by atoms with Gasteiger partial charge in [0.1, 0.15) is 11.3 Å². The zero-order valence-corrected chi connectivity index (χ0v) is 22.6. The zero-order chi connectivity index (χ0) is 25.3. The molecule has 0 spiro atoms. The lowest BCUT2D eigenvalue weighted by atomic mass is 10.1. The van der Waals surface area contributed by atoms with Gasteiger partial charge in [0.2, 0.25) is 17.4 Å². The van der Waals surface area contributed by atoms with Crippen LogP contribution in [0.5, 0.6) is 11.5 Å². The Morgan fingerprint density at radius 1 is 0.765 bits per heavy atom. The molecule has 0 aliphatic heterocycles. The van der Waals surface area contributed by atoms with Crippen molar-refractivity contribution in [2.75, 3.05) is 0 Å². The minimum absolute atomic E-state index is 0.0338. The van der Waals surface area contributed by atoms with Crippen molar-refractivity contribution in [3.05, 3.63) is 87.1 Å². The Labute approximate surface area is 229 Å². The van der Waals surface area contributed by atoms with Gasteiger partial charge in [-0.05, 0) is 104 Å². The highest BCUT2D eigenvalue weighted by Crippen LogP contribution is 2.31. The molecule has 0 aliphatic carbocycles. The largest absolute Gasteiger partial charge is 0.477 e. The summed E-state index contributed by atoms with van der Waals surface area (Å²) in [5.74, 6) is -14.8. The number of carboxylic acid groups (broad SMARTS) is 1. The number of benzene rings is 3. The van der Waals surface area contributed by atoms with Crippen molar-refractivity contribution in [1.82, 2.24) is 0 Å². The van der Waals surface area contributed by atoms with E-state index >= 15 is 0 Å². The molecule has 3 rings (SSSR count). The number of hydrogen-bond donors (Lipinski definition) is 1. The molecule has 0 unspecified atom stereocenters. The van der Waals surface area contributed by atoms with Crippen LogP contribution in [-0.2, 0) is 0 Å². The summed E-state index contributed by atoms with van der Waals surface area (Å²) in [5.41, 5.74) is -1.85. The highest BCUT2D eigenvalue weighted by molar-refractivity contribution is 14.1. The van der Waals surface area contributed by atoms with Crippen molar-refractivity contribution < 1.29 is 46.5 Å². The number of carboxylic acids is 1. The van der Waals surface area contributed by atoms with Crippen molar-refractivity contribution in [3.63, 3.8) is 0 Å². The lowest BCUT2D eigenvalue weighted by molar-refractivity contribution is 0.0680. The second-order valence-electron chi connectivity index (χ2n) is 6.32. The fourth-order valence-corrected chi connectivity index (χ4v) is 4.94. The first kappa shape index (κ1) is 26.6. The van der Waals surface area contributed by atoms with Gasteiger partial charge in [-0.15, -0.1) is 0 Å². The topological polar surface area (TPSA) is 89.9 Å². The standard InChI is InChI=1S/C21H7F4I3O6/c22-13-12(19(29)30)14(23)16(25)18(15(13)24)34-20(31)7-1-3-9(4-2-7)33-21(32)10-5-8(26)6-11(27)17(10)28/h1-6H,(H,29,30). The number of rotatable bonds is 5. The van der Waals surface area contributed by atoms with Gasteiger partial charge in [-0.1, -0.05) is 0 Å². The number of esters is 2. The van der Waals surface area contributed by atoms with Crippen molar-refractivity contribution >= 4 is 85.7 Å². The average Bonchev–Trinajstić information content (AvgIpc) is 2.78. The van der Waals surface area contributed by atoms with Crippen LogP contribution in [0.25, 0.3) is 0 Å². The molecule has 0 fully saturated rings. The lowest BCUT2D eigenvalue weighted by Crippen LogP contribution is -2.16. The van der Waals surface area contributed by atoms with E-state index in [4.69, 9.17) is 9.84 Å². The van der Waals surface area contributed by atoms with E-state index in [0.717, 1.165) is 19.3 Å². The smallest absolute Gasteiger partial charge is 0.344 e. The molecule has 3 aromatic carbocycles. The van der Waals surface area contributed by atoms with Gasteiger partial charge in [-0.25, -0.2) is 23.2 Å². The highest BCUT2D eigenvalue weighted by Gasteiger charge is 2.31. The first-order chi connectivity index (χ1) is 15.9. The van der Waals surface area contributed by atoms with E-state index < -0.39 is 52.5 Å². The van der Waals surface area contributed by atoms with Gasteiger partial charge in [0.05, 0.1) is 11.1 Å². The Kier molecular flexibility index (Phi) is 8.38. The quantitative estimate of drug-likeness (QED) is 0.109. The summed E-state index contributed by atoms with van der Waals surface area (Å²) < 4.78 is 67.7. The fourth-order valence-electron chi connectivity index (χ4n) is 2.57. The van der Waals surface area contributed by atoms with E-state index in [0.29, 0.717) is 9.13 Å². The van der Waals surface area contributed by atoms with Crippen LogP contribution >= 0.6 is 67.8 Å². The SMILES string of the molecule is O=C(Oc1c(F)c(F)c(C(=O)O)c(F)c1F)c1ccc(OC(=O)c2cc(I)cc(I)c2I)cc1. The fraction of sp³-hybridized carbons (Fsp3) is 0. The molecule has 13 heteroatoms. The van der Waals surface area contributed by atoms with E-state index in [1.807, 2.05) is 51.2 Å². The van der Waals surface area contributed by atoms with Crippen molar-refractivity contribution in [3.8, 4) is 11.5 Å². The minimum Gasteiger partial charge on any atom is -0.477 e. The van der Waals surface area contributed by atoms with Crippen LogP contribution in [0.1, 0.15) is 31.1 Å². The van der Waals surface area contributed by atoms with E-state index in [-0.39, 0.29) is 11.3 Å². The second-order valence-corrected chi connectivity index (χ2v) is 9.80. The second kappa shape index (κ2) is 10.7. The van der Waals surface area contributed by atoms with E-state index in [1.54, 1.807) is 6.07 Å². The first-order valence-electron chi connectivity index (χ1n) is 8.70. The molecule has 0 radical (unpaired) electrons. The van der Waals surface area contributed by atoms with E-state index in [9.17, 15) is 31.9 Å². The third-order valence-corrected chi connectivity index (χ3v) is 7.81. The maximum Gasteiger partial charge on any atom is 0.344 e. The molecule has 0 aromatic heterocycles. The molecular weight excluding hydrogens is 805 g/mol. The maximum atomic E-state index is 14.0. The Bertz CT molecular complexity index is 1320. The van der Waals surface area contributed by atoms with Crippen molar-refractivity contribution in [2.45, 2.75) is 0 Å². The molecule has 0 amide bonds. The van der Waals surface area contributed by atoms with Gasteiger partial charge < -0.3 is 14.6 Å². The van der Waals surface area contributed by atoms with Gasteiger partial charge in [-0.3, -0.25) is 0 Å². The normalized spacial score (nSPS) is 10.7. The molecule has 1 N–H and O–H groups in total. The monoisotopic (exact) mass is 812 g/mol. The van der Waals surface area contributed by atoms with Gasteiger partial charge in [0.15, 0.2) is 11.6 Å². The van der Waals surface area contributed by atoms with Crippen molar-refractivity contribution in [2.24, 2.45) is 0 Å². The van der Waals surface area contributed by atoms with Gasteiger partial charge in [0, 0.05) is 10.7 Å². The van der Waals surface area contributed by atoms with Crippen LogP contribution < -0.4 is 9.47 Å². The number of hydrogen-bond acceptors (Lipinski definition) is 5. The Morgan fingerprint density at radius 3 is 1.85 bits per heavy atom. The van der Waals surface area contributed by atoms with Crippen LogP contribution in [0.2, 0.25) is 0 Å². The van der Waals surface area contributed by atoms with Crippen LogP contribution in [0, 0.1) is 34.0 Å². The summed E-state index contributed by atoms with van der Waals surface area (Å²) in [6, 6.07) is 8.07. The van der Waals surface area contributed by atoms with Gasteiger partial charge in [-0.2, -0.15) is 8.78 Å². The zero-order valence-electron chi connectivity index (χ0n) is 16.1. The van der Waals surface area contributed by atoms with Crippen LogP contribution in [0.3, 0.4) is 0 Å². The Balaban J connectivity index is 1.80. The van der Waals surface area contributed by atoms with Crippen molar-refractivity contribution in [1.29, 1.82) is 0 Å². The third kappa shape index (κ3) is 5.45. The van der Waals surface area contributed by atoms with E-state index in [2.05, 4.69) is 27.3 Å². The number of halogens is 7. The summed E-state index contributed by atoms with van der Waals surface area (Å²) in [4.78, 5) is 35.5.